The summed E-state index contributed by atoms with van der Waals surface area (Å²) in [6.07, 6.45) is 3.98. The number of aromatic nitrogens is 2. The molecule has 0 aliphatic carbocycles. The second kappa shape index (κ2) is 9.40. The number of piperidine rings is 1. The maximum absolute atomic E-state index is 6.38. The van der Waals surface area contributed by atoms with Crippen LogP contribution in [0, 0.1) is 0 Å². The highest BCUT2D eigenvalue weighted by atomic mass is 35.5. The number of allylic oxidation sites excluding steroid dienone is 1. The van der Waals surface area contributed by atoms with Crippen LogP contribution in [0.25, 0.3) is 16.5 Å². The van der Waals surface area contributed by atoms with Crippen molar-refractivity contribution in [2.75, 3.05) is 26.2 Å². The molecule has 2 aliphatic heterocycles. The Labute approximate surface area is 200 Å². The molecule has 1 aromatic heterocycles. The Kier molecular flexibility index (Phi) is 6.35. The zero-order valence-corrected chi connectivity index (χ0v) is 20.5. The van der Waals surface area contributed by atoms with Crippen molar-refractivity contribution >= 4 is 28.1 Å². The molecular formula is C27H32ClN3O2. The number of rotatable bonds is 6. The summed E-state index contributed by atoms with van der Waals surface area (Å²) in [7, 11) is 0. The van der Waals surface area contributed by atoms with E-state index < -0.39 is 0 Å². The van der Waals surface area contributed by atoms with Crippen molar-refractivity contribution in [2.24, 2.45) is 0 Å². The van der Waals surface area contributed by atoms with E-state index in [1.807, 2.05) is 16.8 Å². The molecule has 3 aromatic rings. The summed E-state index contributed by atoms with van der Waals surface area (Å²) in [5, 5.41) is 5.96. The smallest absolute Gasteiger partial charge is 0.158 e. The van der Waals surface area contributed by atoms with E-state index in [4.69, 9.17) is 21.1 Å². The zero-order valence-electron chi connectivity index (χ0n) is 19.7. The van der Waals surface area contributed by atoms with Gasteiger partial charge in [-0.1, -0.05) is 24.1 Å². The molecule has 2 aliphatic rings. The molecule has 0 amide bonds. The normalized spacial score (nSPS) is 16.9. The highest BCUT2D eigenvalue weighted by Crippen LogP contribution is 2.36. The molecule has 0 atom stereocenters. The highest BCUT2D eigenvalue weighted by molar-refractivity contribution is 6.34. The molecule has 0 saturated carbocycles. The summed E-state index contributed by atoms with van der Waals surface area (Å²) in [5.41, 5.74) is 6.02. The summed E-state index contributed by atoms with van der Waals surface area (Å²) in [6, 6.07) is 12.7. The Morgan fingerprint density at radius 3 is 2.70 bits per heavy atom. The number of hydrogen-bond donors (Lipinski definition) is 0. The fourth-order valence-electron chi connectivity index (χ4n) is 4.84. The van der Waals surface area contributed by atoms with E-state index in [9.17, 15) is 0 Å². The van der Waals surface area contributed by atoms with Crippen LogP contribution in [-0.2, 0) is 6.61 Å². The molecule has 33 heavy (non-hydrogen) atoms. The lowest BCUT2D eigenvalue weighted by atomic mass is 9.97. The van der Waals surface area contributed by atoms with Crippen LogP contribution >= 0.6 is 11.6 Å². The van der Waals surface area contributed by atoms with Crippen molar-refractivity contribution in [2.45, 2.75) is 52.7 Å². The van der Waals surface area contributed by atoms with Gasteiger partial charge in [0.05, 0.1) is 5.52 Å². The largest absolute Gasteiger partial charge is 0.489 e. The Balaban J connectivity index is 1.29. The molecule has 0 spiro atoms. The van der Waals surface area contributed by atoms with Crippen LogP contribution in [-0.4, -0.2) is 40.9 Å². The minimum atomic E-state index is 0.260. The SMILES string of the molecule is CC1=C(CN2CCCCC2)COc2cc(OCc3ccc4c(c3)c(Cl)nn4C(C)C)ccc21. The molecule has 5 nitrogen and oxygen atoms in total. The van der Waals surface area contributed by atoms with Crippen molar-refractivity contribution in [1.82, 2.24) is 14.7 Å². The average molecular weight is 466 g/mol. The van der Waals surface area contributed by atoms with E-state index in [0.717, 1.165) is 34.5 Å². The highest BCUT2D eigenvalue weighted by Gasteiger charge is 2.21. The van der Waals surface area contributed by atoms with Crippen LogP contribution in [0.15, 0.2) is 42.0 Å². The van der Waals surface area contributed by atoms with Gasteiger partial charge in [0.25, 0.3) is 0 Å². The molecule has 0 N–H and O–H groups in total. The topological polar surface area (TPSA) is 39.5 Å². The Morgan fingerprint density at radius 2 is 1.91 bits per heavy atom. The molecule has 174 valence electrons. The molecule has 6 heteroatoms. The van der Waals surface area contributed by atoms with Gasteiger partial charge >= 0.3 is 0 Å². The quantitative estimate of drug-likeness (QED) is 0.416. The van der Waals surface area contributed by atoms with Gasteiger partial charge < -0.3 is 9.47 Å². The van der Waals surface area contributed by atoms with E-state index >= 15 is 0 Å². The molecule has 0 unspecified atom stereocenters. The zero-order chi connectivity index (χ0) is 22.9. The summed E-state index contributed by atoms with van der Waals surface area (Å²) >= 11 is 6.38. The third-order valence-electron chi connectivity index (χ3n) is 6.77. The standard InChI is InChI=1S/C27H32ClN3O2/c1-18(2)31-25-10-7-20(13-24(25)27(28)29-31)16-32-22-8-9-23-19(3)21(17-33-26(23)14-22)15-30-11-5-4-6-12-30/h7-10,13-14,18H,4-6,11-12,15-17H2,1-3H3. The van der Waals surface area contributed by atoms with Crippen LogP contribution in [0.5, 0.6) is 11.5 Å². The molecule has 3 heterocycles. The van der Waals surface area contributed by atoms with Gasteiger partial charge in [0, 0.05) is 29.6 Å². The van der Waals surface area contributed by atoms with E-state index in [1.165, 1.54) is 49.1 Å². The monoisotopic (exact) mass is 465 g/mol. The maximum Gasteiger partial charge on any atom is 0.158 e. The van der Waals surface area contributed by atoms with Crippen LogP contribution in [0.4, 0.5) is 0 Å². The number of benzene rings is 2. The first-order valence-electron chi connectivity index (χ1n) is 12.0. The number of hydrogen-bond acceptors (Lipinski definition) is 4. The van der Waals surface area contributed by atoms with Crippen molar-refractivity contribution in [3.05, 3.63) is 58.3 Å². The predicted octanol–water partition coefficient (Wildman–Crippen LogP) is 6.50. The minimum Gasteiger partial charge on any atom is -0.489 e. The van der Waals surface area contributed by atoms with Crippen LogP contribution in [0.2, 0.25) is 5.15 Å². The van der Waals surface area contributed by atoms with E-state index in [2.05, 4.69) is 55.0 Å². The molecule has 0 radical (unpaired) electrons. The third-order valence-corrected chi connectivity index (χ3v) is 7.05. The summed E-state index contributed by atoms with van der Waals surface area (Å²) in [5.74, 6) is 1.72. The van der Waals surface area contributed by atoms with Gasteiger partial charge in [-0.15, -0.1) is 0 Å². The summed E-state index contributed by atoms with van der Waals surface area (Å²) in [4.78, 5) is 2.56. The molecule has 1 fully saturated rings. The number of likely N-dealkylation sites (tertiary alicyclic amines) is 1. The maximum atomic E-state index is 6.38. The molecule has 2 aromatic carbocycles. The van der Waals surface area contributed by atoms with E-state index in [-0.39, 0.29) is 6.04 Å². The molecule has 1 saturated heterocycles. The molecular weight excluding hydrogens is 434 g/mol. The van der Waals surface area contributed by atoms with Crippen molar-refractivity contribution in [1.29, 1.82) is 0 Å². The van der Waals surface area contributed by atoms with Gasteiger partial charge in [0.1, 0.15) is 24.7 Å². The van der Waals surface area contributed by atoms with E-state index in [1.54, 1.807) is 0 Å². The summed E-state index contributed by atoms with van der Waals surface area (Å²) in [6.45, 7) is 11.0. The van der Waals surface area contributed by atoms with Crippen LogP contribution in [0.3, 0.4) is 0 Å². The fraction of sp³-hybridized carbons (Fsp3) is 0.444. The molecule has 0 bridgehead atoms. The van der Waals surface area contributed by atoms with Gasteiger partial charge in [-0.3, -0.25) is 9.58 Å². The Morgan fingerprint density at radius 1 is 1.09 bits per heavy atom. The van der Waals surface area contributed by atoms with Crippen LogP contribution in [0.1, 0.15) is 57.2 Å². The fourth-order valence-corrected chi connectivity index (χ4v) is 5.07. The first-order valence-corrected chi connectivity index (χ1v) is 12.3. The lowest BCUT2D eigenvalue weighted by molar-refractivity contribution is 0.234. The minimum absolute atomic E-state index is 0.260. The first kappa shape index (κ1) is 22.3. The van der Waals surface area contributed by atoms with Gasteiger partial charge in [-0.05, 0) is 87.7 Å². The molecule has 5 rings (SSSR count). The number of fused-ring (bicyclic) bond motifs is 2. The second-order valence-electron chi connectivity index (χ2n) is 9.48. The van der Waals surface area contributed by atoms with Crippen molar-refractivity contribution in [3.63, 3.8) is 0 Å². The lowest BCUT2D eigenvalue weighted by Gasteiger charge is -2.30. The van der Waals surface area contributed by atoms with Gasteiger partial charge in [-0.2, -0.15) is 5.10 Å². The number of halogens is 1. The van der Waals surface area contributed by atoms with Crippen molar-refractivity contribution < 1.29 is 9.47 Å². The van der Waals surface area contributed by atoms with Crippen LogP contribution < -0.4 is 9.47 Å². The average Bonchev–Trinajstić information content (AvgIpc) is 3.16. The number of ether oxygens (including phenoxy) is 2. The Bertz CT molecular complexity index is 1190. The lowest BCUT2D eigenvalue weighted by Crippen LogP contribution is -2.33. The van der Waals surface area contributed by atoms with Gasteiger partial charge in [0.2, 0.25) is 0 Å². The number of nitrogens with zero attached hydrogens (tertiary/aromatic N) is 3. The summed E-state index contributed by atoms with van der Waals surface area (Å²) < 4.78 is 14.2. The van der Waals surface area contributed by atoms with Gasteiger partial charge in [0.15, 0.2) is 5.15 Å². The van der Waals surface area contributed by atoms with E-state index in [0.29, 0.717) is 18.4 Å². The predicted molar refractivity (Wildman–Crippen MR) is 134 cm³/mol. The first-order chi connectivity index (χ1) is 16.0. The Hall–Kier alpha value is -2.50. The van der Waals surface area contributed by atoms with Crippen molar-refractivity contribution in [3.8, 4) is 11.5 Å². The second-order valence-corrected chi connectivity index (χ2v) is 9.84. The van der Waals surface area contributed by atoms with Gasteiger partial charge in [-0.25, -0.2) is 0 Å². The third kappa shape index (κ3) is 4.62.